The van der Waals surface area contributed by atoms with Crippen molar-refractivity contribution in [2.45, 2.75) is 45.3 Å². The van der Waals surface area contributed by atoms with Crippen LogP contribution in [0.4, 0.5) is 24.7 Å². The fourth-order valence-corrected chi connectivity index (χ4v) is 5.04. The lowest BCUT2D eigenvalue weighted by Crippen LogP contribution is -2.40. The van der Waals surface area contributed by atoms with Crippen molar-refractivity contribution in [1.29, 1.82) is 0 Å². The van der Waals surface area contributed by atoms with Crippen LogP contribution in [0, 0.1) is 18.8 Å². The number of alkyl halides is 3. The number of nitrogens with two attached hydrogens (primary N) is 1. The van der Waals surface area contributed by atoms with E-state index in [1.807, 2.05) is 48.7 Å². The lowest BCUT2D eigenvalue weighted by Gasteiger charge is -2.32. The number of piperidine rings is 1. The first kappa shape index (κ1) is 32.3. The number of carbonyl (C=O) groups excluding carboxylic acids is 2. The minimum atomic E-state index is -4.52. The SMILES string of the molecule is CCC(=O)N1CCCC(n2nc(C#Cc3cc(NC)ccc3C)c3c(N)ncnc32)C1.O=Cc1ccc(Cl)c(C(F)(F)F)c1. The molecule has 1 fully saturated rings. The van der Waals surface area contributed by atoms with Crippen molar-refractivity contribution in [3.05, 3.63) is 75.7 Å². The minimum Gasteiger partial charge on any atom is -0.388 e. The van der Waals surface area contributed by atoms with Crippen molar-refractivity contribution in [3.8, 4) is 11.8 Å². The summed E-state index contributed by atoms with van der Waals surface area (Å²) in [5.41, 5.74) is 9.38. The summed E-state index contributed by atoms with van der Waals surface area (Å²) >= 11 is 5.30. The van der Waals surface area contributed by atoms with Gasteiger partial charge in [0, 0.05) is 43.4 Å². The number of aldehydes is 1. The molecule has 0 bridgehead atoms. The number of halogens is 4. The predicted octanol–water partition coefficient (Wildman–Crippen LogP) is 5.90. The third-order valence-corrected chi connectivity index (χ3v) is 7.52. The van der Waals surface area contributed by atoms with E-state index in [4.69, 9.17) is 22.4 Å². The number of carbonyl (C=O) groups is 2. The lowest BCUT2D eigenvalue weighted by atomic mass is 10.1. The number of aryl methyl sites for hydroxylation is 1. The van der Waals surface area contributed by atoms with E-state index in [-0.39, 0.29) is 17.5 Å². The van der Waals surface area contributed by atoms with E-state index in [0.717, 1.165) is 48.3 Å². The number of anilines is 2. The molecular formula is C31H31ClF3N7O2. The van der Waals surface area contributed by atoms with E-state index < -0.39 is 16.8 Å². The Morgan fingerprint density at radius 1 is 1.20 bits per heavy atom. The fourth-order valence-electron chi connectivity index (χ4n) is 4.81. The summed E-state index contributed by atoms with van der Waals surface area (Å²) in [6.45, 7) is 5.32. The number of hydrogen-bond acceptors (Lipinski definition) is 7. The highest BCUT2D eigenvalue weighted by Gasteiger charge is 2.33. The third kappa shape index (κ3) is 7.29. The van der Waals surface area contributed by atoms with E-state index in [2.05, 4.69) is 27.1 Å². The molecular weight excluding hydrogens is 595 g/mol. The van der Waals surface area contributed by atoms with Gasteiger partial charge in [-0.2, -0.15) is 18.3 Å². The predicted molar refractivity (Wildman–Crippen MR) is 163 cm³/mol. The molecule has 0 aliphatic carbocycles. The molecule has 2 aromatic heterocycles. The van der Waals surface area contributed by atoms with Crippen LogP contribution in [0.25, 0.3) is 11.0 Å². The van der Waals surface area contributed by atoms with E-state index in [9.17, 15) is 22.8 Å². The number of aromatic nitrogens is 4. The lowest BCUT2D eigenvalue weighted by molar-refractivity contribution is -0.137. The molecule has 0 saturated carbocycles. The number of nitrogens with one attached hydrogen (secondary N) is 1. The summed E-state index contributed by atoms with van der Waals surface area (Å²) in [5, 5.41) is 8.18. The number of likely N-dealkylation sites (tertiary alicyclic amines) is 1. The van der Waals surface area contributed by atoms with Gasteiger partial charge >= 0.3 is 6.18 Å². The minimum absolute atomic E-state index is 0.0333. The Labute approximate surface area is 257 Å². The van der Waals surface area contributed by atoms with Crippen LogP contribution in [0.15, 0.2) is 42.7 Å². The number of benzene rings is 2. The van der Waals surface area contributed by atoms with Gasteiger partial charge in [0.15, 0.2) is 5.65 Å². The molecule has 230 valence electrons. The summed E-state index contributed by atoms with van der Waals surface area (Å²) in [5.74, 6) is 6.95. The second kappa shape index (κ2) is 13.8. The molecule has 3 heterocycles. The van der Waals surface area contributed by atoms with E-state index >= 15 is 0 Å². The van der Waals surface area contributed by atoms with Crippen LogP contribution in [0.1, 0.15) is 65.0 Å². The van der Waals surface area contributed by atoms with Crippen molar-refractivity contribution in [1.82, 2.24) is 24.6 Å². The Morgan fingerprint density at radius 3 is 2.66 bits per heavy atom. The number of nitrogens with zero attached hydrogens (tertiary/aromatic N) is 5. The Balaban J connectivity index is 0.000000285. The van der Waals surface area contributed by atoms with Gasteiger partial charge in [-0.15, -0.1) is 0 Å². The van der Waals surface area contributed by atoms with Crippen LogP contribution in [0.3, 0.4) is 0 Å². The molecule has 1 saturated heterocycles. The molecule has 13 heteroatoms. The normalized spacial score (nSPS) is 14.7. The molecule has 1 aliphatic heterocycles. The molecule has 0 radical (unpaired) electrons. The maximum atomic E-state index is 12.2. The van der Waals surface area contributed by atoms with Crippen molar-refractivity contribution in [2.24, 2.45) is 0 Å². The number of hydrogen-bond donors (Lipinski definition) is 2. The highest BCUT2D eigenvalue weighted by atomic mass is 35.5. The van der Waals surface area contributed by atoms with E-state index in [1.165, 1.54) is 12.4 Å². The van der Waals surface area contributed by atoms with Gasteiger partial charge in [0.2, 0.25) is 5.91 Å². The van der Waals surface area contributed by atoms with Gasteiger partial charge < -0.3 is 16.0 Å². The average molecular weight is 626 g/mol. The zero-order valence-corrected chi connectivity index (χ0v) is 25.1. The molecule has 1 aliphatic rings. The highest BCUT2D eigenvalue weighted by Crippen LogP contribution is 2.35. The van der Waals surface area contributed by atoms with Gasteiger partial charge in [0.25, 0.3) is 0 Å². The Hall–Kier alpha value is -4.63. The first-order valence-electron chi connectivity index (χ1n) is 13.9. The van der Waals surface area contributed by atoms with Crippen LogP contribution >= 0.6 is 11.6 Å². The summed E-state index contributed by atoms with van der Waals surface area (Å²) in [6, 6.07) is 9.09. The van der Waals surface area contributed by atoms with Gasteiger partial charge in [0.05, 0.1) is 22.0 Å². The van der Waals surface area contributed by atoms with Crippen LogP contribution in [-0.2, 0) is 11.0 Å². The maximum absolute atomic E-state index is 12.2. The molecule has 1 unspecified atom stereocenters. The van der Waals surface area contributed by atoms with Gasteiger partial charge in [-0.25, -0.2) is 14.6 Å². The highest BCUT2D eigenvalue weighted by molar-refractivity contribution is 6.31. The van der Waals surface area contributed by atoms with Gasteiger partial charge in [-0.05, 0) is 55.5 Å². The van der Waals surface area contributed by atoms with Crippen molar-refractivity contribution >= 4 is 46.3 Å². The second-order valence-electron chi connectivity index (χ2n) is 10.1. The molecule has 0 spiro atoms. The molecule has 1 amide bonds. The van der Waals surface area contributed by atoms with Crippen LogP contribution < -0.4 is 11.1 Å². The van der Waals surface area contributed by atoms with Crippen molar-refractivity contribution in [3.63, 3.8) is 0 Å². The van der Waals surface area contributed by atoms with E-state index in [1.54, 1.807) is 0 Å². The van der Waals surface area contributed by atoms with Crippen LogP contribution in [-0.4, -0.2) is 57.0 Å². The Morgan fingerprint density at radius 2 is 1.98 bits per heavy atom. The standard InChI is InChI=1S/C23H27N7O.C8H4ClF3O/c1-4-20(31)29-11-5-6-18(13-29)30-23-21(22(24)26-14-27-23)19(28-30)10-8-16-12-17(25-3)9-7-15(16)2;9-7-2-1-5(4-13)3-6(7)8(10,11)12/h7,9,12,14,18,25H,4-6,11,13H2,1-3H3,(H2,24,26,27);1-4H. The van der Waals surface area contributed by atoms with E-state index in [0.29, 0.717) is 41.8 Å². The van der Waals surface area contributed by atoms with Gasteiger partial charge in [0.1, 0.15) is 24.1 Å². The maximum Gasteiger partial charge on any atom is 0.417 e. The molecule has 3 N–H and O–H groups in total. The largest absolute Gasteiger partial charge is 0.417 e. The zero-order valence-electron chi connectivity index (χ0n) is 24.4. The Kier molecular flexibility index (Phi) is 10.1. The number of fused-ring (bicyclic) bond motifs is 1. The monoisotopic (exact) mass is 625 g/mol. The second-order valence-corrected chi connectivity index (χ2v) is 10.5. The first-order valence-corrected chi connectivity index (χ1v) is 14.2. The number of rotatable bonds is 4. The number of amides is 1. The van der Waals surface area contributed by atoms with Gasteiger partial charge in [-0.3, -0.25) is 9.59 Å². The van der Waals surface area contributed by atoms with Crippen LogP contribution in [0.2, 0.25) is 5.02 Å². The molecule has 4 aromatic rings. The summed E-state index contributed by atoms with van der Waals surface area (Å²) in [7, 11) is 1.88. The molecule has 9 nitrogen and oxygen atoms in total. The fraction of sp³-hybridized carbons (Fsp3) is 0.323. The first-order chi connectivity index (χ1) is 21.0. The quantitative estimate of drug-likeness (QED) is 0.214. The smallest absolute Gasteiger partial charge is 0.388 e. The molecule has 5 rings (SSSR count). The number of nitrogen functional groups attached to an aromatic ring is 1. The summed E-state index contributed by atoms with van der Waals surface area (Å²) in [4.78, 5) is 32.9. The topological polar surface area (TPSA) is 119 Å². The summed E-state index contributed by atoms with van der Waals surface area (Å²) in [6.07, 6.45) is -0.379. The summed E-state index contributed by atoms with van der Waals surface area (Å²) < 4.78 is 38.4. The van der Waals surface area contributed by atoms with Crippen LogP contribution in [0.5, 0.6) is 0 Å². The van der Waals surface area contributed by atoms with Crippen molar-refractivity contribution < 1.29 is 22.8 Å². The molecule has 2 aromatic carbocycles. The third-order valence-electron chi connectivity index (χ3n) is 7.19. The molecule has 1 atom stereocenters. The van der Waals surface area contributed by atoms with Gasteiger partial charge in [-0.1, -0.05) is 36.6 Å². The molecule has 44 heavy (non-hydrogen) atoms. The zero-order chi connectivity index (χ0) is 32.0. The Bertz CT molecular complexity index is 1740. The average Bonchev–Trinajstić information content (AvgIpc) is 3.40. The van der Waals surface area contributed by atoms with Crippen molar-refractivity contribution in [2.75, 3.05) is 31.2 Å².